The quantitative estimate of drug-likeness (QED) is 0.303. The Morgan fingerprint density at radius 2 is 1.62 bits per heavy atom. The number of benzene rings is 2. The second-order valence-corrected chi connectivity index (χ2v) is 10.9. The molecule has 9 nitrogen and oxygen atoms in total. The maximum atomic E-state index is 13.2. The van der Waals surface area contributed by atoms with Gasteiger partial charge in [-0.1, -0.05) is 44.2 Å². The van der Waals surface area contributed by atoms with Crippen molar-refractivity contribution in [3.8, 4) is 0 Å². The molecule has 0 bridgehead atoms. The van der Waals surface area contributed by atoms with Gasteiger partial charge in [-0.05, 0) is 42.9 Å². The van der Waals surface area contributed by atoms with Crippen molar-refractivity contribution in [2.24, 2.45) is 0 Å². The van der Waals surface area contributed by atoms with E-state index in [-0.39, 0.29) is 34.9 Å². The molecule has 1 atom stereocenters. The highest BCUT2D eigenvalue weighted by atomic mass is 32.2. The van der Waals surface area contributed by atoms with Crippen LogP contribution in [0.1, 0.15) is 31.0 Å². The van der Waals surface area contributed by atoms with Gasteiger partial charge in [0, 0.05) is 31.7 Å². The Balaban J connectivity index is 1.70. The van der Waals surface area contributed by atoms with Crippen LogP contribution in [0.2, 0.25) is 0 Å². The van der Waals surface area contributed by atoms with Gasteiger partial charge in [-0.15, -0.1) is 0 Å². The first kappa shape index (κ1) is 27.0. The molecule has 2 heterocycles. The molecule has 2 saturated heterocycles. The van der Waals surface area contributed by atoms with Gasteiger partial charge < -0.3 is 19.6 Å². The molecule has 0 radical (unpaired) electrons. The number of aliphatic hydroxyl groups excluding tert-OH is 1. The van der Waals surface area contributed by atoms with E-state index < -0.39 is 27.8 Å². The third-order valence-electron chi connectivity index (χ3n) is 6.94. The number of likely N-dealkylation sites (tertiary alicyclic amines) is 1. The van der Waals surface area contributed by atoms with E-state index in [4.69, 9.17) is 4.74 Å². The molecule has 0 unspecified atom stereocenters. The Morgan fingerprint density at radius 1 is 1.00 bits per heavy atom. The van der Waals surface area contributed by atoms with Crippen molar-refractivity contribution in [1.29, 1.82) is 0 Å². The predicted octanol–water partition coefficient (Wildman–Crippen LogP) is 2.47. The number of hydrogen-bond donors (Lipinski definition) is 1. The highest BCUT2D eigenvalue weighted by Crippen LogP contribution is 2.39. The van der Waals surface area contributed by atoms with E-state index in [1.54, 1.807) is 0 Å². The van der Waals surface area contributed by atoms with Crippen molar-refractivity contribution >= 4 is 27.5 Å². The zero-order chi connectivity index (χ0) is 26.6. The number of hydrogen-bond acceptors (Lipinski definition) is 7. The molecule has 2 aromatic rings. The summed E-state index contributed by atoms with van der Waals surface area (Å²) >= 11 is 0. The van der Waals surface area contributed by atoms with Crippen LogP contribution in [0.5, 0.6) is 0 Å². The molecule has 0 saturated carbocycles. The van der Waals surface area contributed by atoms with Gasteiger partial charge in [0.05, 0.1) is 29.7 Å². The Hall–Kier alpha value is -3.05. The molecule has 37 heavy (non-hydrogen) atoms. The third-order valence-corrected chi connectivity index (χ3v) is 8.86. The molecule has 0 spiro atoms. The average Bonchev–Trinajstić information content (AvgIpc) is 3.19. The number of sulfonamides is 1. The largest absolute Gasteiger partial charge is 0.507 e. The molecule has 0 aromatic heterocycles. The fourth-order valence-corrected chi connectivity index (χ4v) is 6.17. The van der Waals surface area contributed by atoms with E-state index >= 15 is 0 Å². The van der Waals surface area contributed by atoms with Crippen LogP contribution >= 0.6 is 0 Å². The summed E-state index contributed by atoms with van der Waals surface area (Å²) in [6.07, 6.45) is 0. The van der Waals surface area contributed by atoms with Crippen LogP contribution in [0.3, 0.4) is 0 Å². The fraction of sp³-hybridized carbons (Fsp3) is 0.407. The Kier molecular flexibility index (Phi) is 8.43. The molecule has 1 amide bonds. The number of Topliss-reactive ketones (excluding diaryl/α,β-unsaturated/α-hetero) is 1. The smallest absolute Gasteiger partial charge is 0.295 e. The van der Waals surface area contributed by atoms with Gasteiger partial charge >= 0.3 is 0 Å². The predicted molar refractivity (Wildman–Crippen MR) is 139 cm³/mol. The van der Waals surface area contributed by atoms with Crippen molar-refractivity contribution in [2.75, 3.05) is 52.5 Å². The van der Waals surface area contributed by atoms with Gasteiger partial charge in [-0.3, -0.25) is 9.59 Å². The molecule has 10 heteroatoms. The summed E-state index contributed by atoms with van der Waals surface area (Å²) in [5.41, 5.74) is 0.984. The summed E-state index contributed by atoms with van der Waals surface area (Å²) in [7, 11) is -3.70. The number of morpholine rings is 1. The Labute approximate surface area is 218 Å². The van der Waals surface area contributed by atoms with E-state index in [9.17, 15) is 23.1 Å². The summed E-state index contributed by atoms with van der Waals surface area (Å²) in [5.74, 6) is -1.74. The number of amides is 1. The molecular weight excluding hydrogens is 494 g/mol. The van der Waals surface area contributed by atoms with Crippen LogP contribution in [0.4, 0.5) is 0 Å². The van der Waals surface area contributed by atoms with Gasteiger partial charge in [-0.2, -0.15) is 4.31 Å². The van der Waals surface area contributed by atoms with Gasteiger partial charge in [0.2, 0.25) is 10.0 Å². The van der Waals surface area contributed by atoms with Gasteiger partial charge in [0.15, 0.2) is 0 Å². The lowest BCUT2D eigenvalue weighted by molar-refractivity contribution is -0.140. The minimum atomic E-state index is -3.70. The maximum Gasteiger partial charge on any atom is 0.295 e. The normalized spacial score (nSPS) is 20.6. The van der Waals surface area contributed by atoms with Crippen molar-refractivity contribution in [1.82, 2.24) is 14.1 Å². The van der Waals surface area contributed by atoms with Crippen LogP contribution in [0.15, 0.2) is 65.1 Å². The molecule has 4 rings (SSSR count). The second-order valence-electron chi connectivity index (χ2n) is 8.97. The summed E-state index contributed by atoms with van der Waals surface area (Å²) in [4.78, 5) is 30.1. The zero-order valence-electron chi connectivity index (χ0n) is 21.2. The lowest BCUT2D eigenvalue weighted by Gasteiger charge is -2.28. The van der Waals surface area contributed by atoms with E-state index in [1.165, 1.54) is 33.5 Å². The van der Waals surface area contributed by atoms with E-state index in [0.29, 0.717) is 31.9 Å². The molecule has 1 N–H and O–H groups in total. The third kappa shape index (κ3) is 5.47. The first-order valence-electron chi connectivity index (χ1n) is 12.5. The fourth-order valence-electron chi connectivity index (χ4n) is 4.76. The van der Waals surface area contributed by atoms with Crippen LogP contribution in [0, 0.1) is 0 Å². The van der Waals surface area contributed by atoms with Crippen molar-refractivity contribution in [3.63, 3.8) is 0 Å². The standard InChI is InChI=1S/C27H33N3O6S/c1-3-28(4-2)14-15-30-24(20-8-6-5-7-9-20)23(26(32)27(30)33)25(31)21-10-12-22(13-11-21)37(34,35)29-16-18-36-19-17-29/h5-13,24,31H,3-4,14-19H2,1-2H3/t24-/m1/s1. The summed E-state index contributed by atoms with van der Waals surface area (Å²) < 4.78 is 32.5. The minimum Gasteiger partial charge on any atom is -0.507 e. The Morgan fingerprint density at radius 3 is 2.22 bits per heavy atom. The van der Waals surface area contributed by atoms with Crippen LogP contribution in [-0.4, -0.2) is 91.8 Å². The number of ether oxygens (including phenoxy) is 1. The molecule has 2 fully saturated rings. The van der Waals surface area contributed by atoms with E-state index in [2.05, 4.69) is 4.90 Å². The van der Waals surface area contributed by atoms with Crippen LogP contribution < -0.4 is 0 Å². The lowest BCUT2D eigenvalue weighted by atomic mass is 9.95. The number of likely N-dealkylation sites (N-methyl/N-ethyl adjacent to an activating group) is 1. The van der Waals surface area contributed by atoms with E-state index in [0.717, 1.165) is 13.1 Å². The summed E-state index contributed by atoms with van der Waals surface area (Å²) in [6.45, 7) is 7.86. The molecular formula is C27H33N3O6S. The second kappa shape index (κ2) is 11.6. The van der Waals surface area contributed by atoms with Gasteiger partial charge in [-0.25, -0.2) is 8.42 Å². The van der Waals surface area contributed by atoms with Crippen molar-refractivity contribution in [3.05, 3.63) is 71.3 Å². The maximum absolute atomic E-state index is 13.2. The number of aliphatic hydroxyl groups is 1. The number of nitrogens with zero attached hydrogens (tertiary/aromatic N) is 3. The first-order chi connectivity index (χ1) is 17.8. The van der Waals surface area contributed by atoms with Gasteiger partial charge in [0.25, 0.3) is 11.7 Å². The SMILES string of the molecule is CCN(CC)CCN1C(=O)C(=O)C(=C(O)c2ccc(S(=O)(=O)N3CCOCC3)cc2)[C@H]1c1ccccc1. The number of rotatable bonds is 9. The molecule has 2 aliphatic rings. The number of carbonyl (C=O) groups excluding carboxylic acids is 2. The topological polar surface area (TPSA) is 107 Å². The minimum absolute atomic E-state index is 0.000432. The highest BCUT2D eigenvalue weighted by Gasteiger charge is 2.46. The average molecular weight is 528 g/mol. The Bertz CT molecular complexity index is 1250. The number of ketones is 1. The van der Waals surface area contributed by atoms with E-state index in [1.807, 2.05) is 44.2 Å². The summed E-state index contributed by atoms with van der Waals surface area (Å²) in [6, 6.07) is 14.2. The summed E-state index contributed by atoms with van der Waals surface area (Å²) in [5, 5.41) is 11.3. The molecule has 0 aliphatic carbocycles. The molecule has 2 aromatic carbocycles. The van der Waals surface area contributed by atoms with Crippen molar-refractivity contribution < 1.29 is 27.9 Å². The molecule has 2 aliphatic heterocycles. The molecule has 198 valence electrons. The highest BCUT2D eigenvalue weighted by molar-refractivity contribution is 7.89. The lowest BCUT2D eigenvalue weighted by Crippen LogP contribution is -2.40. The van der Waals surface area contributed by atoms with Crippen LogP contribution in [0.25, 0.3) is 5.76 Å². The van der Waals surface area contributed by atoms with Crippen molar-refractivity contribution in [2.45, 2.75) is 24.8 Å². The first-order valence-corrected chi connectivity index (χ1v) is 14.0. The monoisotopic (exact) mass is 527 g/mol. The van der Waals surface area contributed by atoms with Crippen LogP contribution in [-0.2, 0) is 24.3 Å². The number of carbonyl (C=O) groups is 2. The van der Waals surface area contributed by atoms with Gasteiger partial charge in [0.1, 0.15) is 5.76 Å². The zero-order valence-corrected chi connectivity index (χ0v) is 22.0.